The normalized spacial score (nSPS) is 44.9. The van der Waals surface area contributed by atoms with Gasteiger partial charge in [0.15, 0.2) is 0 Å². The summed E-state index contributed by atoms with van der Waals surface area (Å²) < 4.78 is 17.5. The molecule has 5 heteroatoms. The van der Waals surface area contributed by atoms with E-state index in [1.165, 1.54) is 7.11 Å². The Labute approximate surface area is 169 Å². The Bertz CT molecular complexity index is 670. The summed E-state index contributed by atoms with van der Waals surface area (Å²) in [6.07, 6.45) is 5.46. The Hall–Kier alpha value is -1.20. The molecule has 158 valence electrons. The van der Waals surface area contributed by atoms with Crippen LogP contribution in [0.2, 0.25) is 0 Å². The van der Waals surface area contributed by atoms with Crippen molar-refractivity contribution in [2.75, 3.05) is 13.7 Å². The molecule has 0 aromatic heterocycles. The summed E-state index contributed by atoms with van der Waals surface area (Å²) in [6, 6.07) is 0. The van der Waals surface area contributed by atoms with Gasteiger partial charge in [0.25, 0.3) is 0 Å². The minimum atomic E-state index is -0.875. The molecule has 1 saturated heterocycles. The molecule has 0 amide bonds. The van der Waals surface area contributed by atoms with Crippen molar-refractivity contribution in [2.24, 2.45) is 22.7 Å². The topological polar surface area (TPSA) is 61.8 Å². The fourth-order valence-electron chi connectivity index (χ4n) is 6.78. The second kappa shape index (κ2) is 6.94. The molecule has 0 bridgehead atoms. The highest BCUT2D eigenvalue weighted by Gasteiger charge is 2.68. The summed E-state index contributed by atoms with van der Waals surface area (Å²) >= 11 is 0. The van der Waals surface area contributed by atoms with Crippen LogP contribution in [0, 0.1) is 22.7 Å². The highest BCUT2D eigenvalue weighted by Crippen LogP contribution is 2.65. The number of hydrogen-bond donors (Lipinski definition) is 0. The highest BCUT2D eigenvalue weighted by atomic mass is 16.6. The van der Waals surface area contributed by atoms with Gasteiger partial charge in [-0.15, -0.1) is 6.58 Å². The summed E-state index contributed by atoms with van der Waals surface area (Å²) in [5.41, 5.74) is -1.71. The molecule has 0 unspecified atom stereocenters. The van der Waals surface area contributed by atoms with Crippen LogP contribution < -0.4 is 0 Å². The van der Waals surface area contributed by atoms with Crippen LogP contribution in [0.4, 0.5) is 0 Å². The third-order valence-electron chi connectivity index (χ3n) is 7.87. The number of Topliss-reactive ketones (excluding diaryl/α,β-unsaturated/α-hetero) is 1. The maximum absolute atomic E-state index is 13.5. The smallest absolute Gasteiger partial charge is 0.332 e. The van der Waals surface area contributed by atoms with Crippen LogP contribution >= 0.6 is 0 Å². The van der Waals surface area contributed by atoms with Crippen LogP contribution in [0.25, 0.3) is 0 Å². The van der Waals surface area contributed by atoms with E-state index >= 15 is 0 Å². The van der Waals surface area contributed by atoms with Crippen LogP contribution in [0.5, 0.6) is 0 Å². The Morgan fingerprint density at radius 1 is 1.25 bits per heavy atom. The predicted molar refractivity (Wildman–Crippen MR) is 107 cm³/mol. The molecule has 2 saturated carbocycles. The molecule has 0 N–H and O–H groups in total. The first-order valence-electron chi connectivity index (χ1n) is 10.5. The molecule has 0 aromatic carbocycles. The summed E-state index contributed by atoms with van der Waals surface area (Å²) in [5.74, 6) is -0.222. The minimum Gasteiger partial charge on any atom is -0.458 e. The van der Waals surface area contributed by atoms with Crippen LogP contribution in [-0.2, 0) is 23.8 Å². The number of fused-ring (bicyclic) bond motifs is 3. The first kappa shape index (κ1) is 21.5. The highest BCUT2D eigenvalue weighted by molar-refractivity contribution is 5.86. The molecule has 5 nitrogen and oxygen atoms in total. The maximum Gasteiger partial charge on any atom is 0.332 e. The molecular weight excluding hydrogens is 356 g/mol. The van der Waals surface area contributed by atoms with Gasteiger partial charge in [0.2, 0.25) is 0 Å². The Balaban J connectivity index is 2.08. The zero-order chi connectivity index (χ0) is 21.0. The van der Waals surface area contributed by atoms with Gasteiger partial charge in [-0.3, -0.25) is 4.79 Å². The van der Waals surface area contributed by atoms with Crippen molar-refractivity contribution in [3.05, 3.63) is 12.7 Å². The van der Waals surface area contributed by atoms with E-state index in [2.05, 4.69) is 27.4 Å². The third kappa shape index (κ3) is 3.24. The Kier molecular flexibility index (Phi) is 5.33. The van der Waals surface area contributed by atoms with Gasteiger partial charge in [0.05, 0.1) is 11.5 Å². The van der Waals surface area contributed by atoms with Gasteiger partial charge in [-0.25, -0.2) is 4.79 Å². The maximum atomic E-state index is 13.5. The first-order valence-corrected chi connectivity index (χ1v) is 10.5. The van der Waals surface area contributed by atoms with Gasteiger partial charge in [-0.2, -0.15) is 0 Å². The zero-order valence-electron chi connectivity index (χ0n) is 18.3. The fourth-order valence-corrected chi connectivity index (χ4v) is 6.78. The van der Waals surface area contributed by atoms with Crippen LogP contribution in [-0.4, -0.2) is 42.8 Å². The number of esters is 1. The van der Waals surface area contributed by atoms with Crippen molar-refractivity contribution in [3.63, 3.8) is 0 Å². The molecular formula is C23H36O5. The fraction of sp³-hybridized carbons (Fsp3) is 0.826. The lowest BCUT2D eigenvalue weighted by molar-refractivity contribution is -0.280. The molecule has 0 spiro atoms. The van der Waals surface area contributed by atoms with E-state index in [1.54, 1.807) is 6.08 Å². The number of methoxy groups -OCH3 is 1. The van der Waals surface area contributed by atoms with Gasteiger partial charge in [-0.05, 0) is 49.9 Å². The van der Waals surface area contributed by atoms with E-state index in [1.807, 2.05) is 13.8 Å². The number of ketones is 1. The molecule has 28 heavy (non-hydrogen) atoms. The second-order valence-electron chi connectivity index (χ2n) is 10.4. The monoisotopic (exact) mass is 392 g/mol. The molecule has 0 aromatic rings. The molecule has 1 aliphatic heterocycles. The van der Waals surface area contributed by atoms with E-state index in [0.29, 0.717) is 12.8 Å². The number of rotatable bonds is 4. The van der Waals surface area contributed by atoms with E-state index in [4.69, 9.17) is 14.2 Å². The summed E-state index contributed by atoms with van der Waals surface area (Å²) in [6.45, 7) is 14.5. The number of carbonyl (C=O) groups excluding carboxylic acids is 2. The Morgan fingerprint density at radius 2 is 1.93 bits per heavy atom. The molecule has 3 aliphatic rings. The minimum absolute atomic E-state index is 0.0830. The van der Waals surface area contributed by atoms with Gasteiger partial charge < -0.3 is 14.2 Å². The molecule has 2 aliphatic carbocycles. The standard InChI is InChI=1S/C23H36O5/c1-8-21(4)13-15(24)19-22(5)11-9-10-20(2,3)16(22)12-17(23(19,6)28-21)27-18(25)14-26-7/h8,16-17,19H,1,9-14H2,2-7H3/t16-,17-,19+,21-,22-,23+/m0/s1. The van der Waals surface area contributed by atoms with Crippen molar-refractivity contribution < 1.29 is 23.8 Å². The lowest BCUT2D eigenvalue weighted by atomic mass is 9.43. The largest absolute Gasteiger partial charge is 0.458 e. The van der Waals surface area contributed by atoms with Crippen molar-refractivity contribution in [1.82, 2.24) is 0 Å². The molecule has 3 rings (SSSR count). The zero-order valence-corrected chi connectivity index (χ0v) is 18.3. The summed E-state index contributed by atoms with van der Waals surface area (Å²) in [5, 5.41) is 0. The number of carbonyl (C=O) groups is 2. The van der Waals surface area contributed by atoms with Gasteiger partial charge in [0.1, 0.15) is 24.1 Å². The summed E-state index contributed by atoms with van der Waals surface area (Å²) in [4.78, 5) is 25.9. The number of ether oxygens (including phenoxy) is 3. The molecule has 3 fully saturated rings. The molecule has 1 heterocycles. The van der Waals surface area contributed by atoms with Crippen LogP contribution in [0.3, 0.4) is 0 Å². The van der Waals surface area contributed by atoms with Crippen molar-refractivity contribution in [1.29, 1.82) is 0 Å². The van der Waals surface area contributed by atoms with Gasteiger partial charge in [0, 0.05) is 13.5 Å². The van der Waals surface area contributed by atoms with Gasteiger partial charge in [-0.1, -0.05) is 33.3 Å². The molecule has 6 atom stereocenters. The van der Waals surface area contributed by atoms with E-state index in [0.717, 1.165) is 19.3 Å². The SMILES string of the molecule is C=C[C@@]1(C)CC(=O)[C@@H]2[C@@]3(C)CCCC(C)(C)[C@@H]3C[C@H](OC(=O)COC)[C@@]2(C)O1. The average molecular weight is 393 g/mol. The van der Waals surface area contributed by atoms with E-state index in [-0.39, 0.29) is 35.1 Å². The lowest BCUT2D eigenvalue weighted by Crippen LogP contribution is -2.71. The van der Waals surface area contributed by atoms with E-state index in [9.17, 15) is 9.59 Å². The predicted octanol–water partition coefficient (Wildman–Crippen LogP) is 4.09. The Morgan fingerprint density at radius 3 is 2.54 bits per heavy atom. The quantitative estimate of drug-likeness (QED) is 0.533. The molecule has 0 radical (unpaired) electrons. The third-order valence-corrected chi connectivity index (χ3v) is 7.87. The van der Waals surface area contributed by atoms with E-state index < -0.39 is 23.3 Å². The number of hydrogen-bond acceptors (Lipinski definition) is 5. The van der Waals surface area contributed by atoms with Crippen molar-refractivity contribution in [3.8, 4) is 0 Å². The first-order chi connectivity index (χ1) is 12.9. The average Bonchev–Trinajstić information content (AvgIpc) is 2.55. The summed E-state index contributed by atoms with van der Waals surface area (Å²) in [7, 11) is 1.48. The van der Waals surface area contributed by atoms with Crippen molar-refractivity contribution >= 4 is 11.8 Å². The van der Waals surface area contributed by atoms with Crippen LogP contribution in [0.15, 0.2) is 12.7 Å². The van der Waals surface area contributed by atoms with Crippen LogP contribution in [0.1, 0.15) is 66.7 Å². The second-order valence-corrected chi connectivity index (χ2v) is 10.4. The van der Waals surface area contributed by atoms with Gasteiger partial charge >= 0.3 is 5.97 Å². The van der Waals surface area contributed by atoms with Crippen molar-refractivity contribution in [2.45, 2.75) is 84.0 Å². The lowest BCUT2D eigenvalue weighted by Gasteiger charge is -2.65.